The molecule has 1 aliphatic rings. The van der Waals surface area contributed by atoms with E-state index in [0.29, 0.717) is 0 Å². The van der Waals surface area contributed by atoms with E-state index in [1.807, 2.05) is 18.2 Å². The third kappa shape index (κ3) is 6.05. The number of likely N-dealkylation sites (tertiary alicyclic amines) is 1. The number of hydrogen-bond donors (Lipinski definition) is 2. The first-order valence-corrected chi connectivity index (χ1v) is 9.36. The first-order valence-electron chi connectivity index (χ1n) is 9.36. The molecular formula is C21H22F3N3O2. The fourth-order valence-electron chi connectivity index (χ4n) is 3.26. The summed E-state index contributed by atoms with van der Waals surface area (Å²) in [5, 5.41) is 5.02. The summed E-state index contributed by atoms with van der Waals surface area (Å²) >= 11 is 0. The molecule has 0 spiro atoms. The molecule has 154 valence electrons. The van der Waals surface area contributed by atoms with E-state index in [0.717, 1.165) is 56.7 Å². The van der Waals surface area contributed by atoms with Gasteiger partial charge in [-0.25, -0.2) is 0 Å². The van der Waals surface area contributed by atoms with Gasteiger partial charge in [0.25, 0.3) is 0 Å². The van der Waals surface area contributed by atoms with Gasteiger partial charge in [0.15, 0.2) is 0 Å². The second kappa shape index (κ2) is 9.09. The molecule has 0 atom stereocenters. The van der Waals surface area contributed by atoms with Crippen molar-refractivity contribution in [3.63, 3.8) is 0 Å². The van der Waals surface area contributed by atoms with Crippen molar-refractivity contribution in [3.05, 3.63) is 65.7 Å². The lowest BCUT2D eigenvalue weighted by atomic mass is 10.0. The van der Waals surface area contributed by atoms with Gasteiger partial charge in [-0.3, -0.25) is 14.5 Å². The maximum Gasteiger partial charge on any atom is 0.416 e. The van der Waals surface area contributed by atoms with Gasteiger partial charge in [-0.15, -0.1) is 0 Å². The number of benzene rings is 2. The quantitative estimate of drug-likeness (QED) is 0.767. The summed E-state index contributed by atoms with van der Waals surface area (Å²) in [6.07, 6.45) is -2.99. The molecule has 1 saturated heterocycles. The van der Waals surface area contributed by atoms with E-state index in [4.69, 9.17) is 0 Å². The molecule has 3 rings (SSSR count). The lowest BCUT2D eigenvalue weighted by molar-refractivity contribution is -0.137. The molecule has 29 heavy (non-hydrogen) atoms. The second-order valence-electron chi connectivity index (χ2n) is 7.04. The Labute approximate surface area is 166 Å². The summed E-state index contributed by atoms with van der Waals surface area (Å²) < 4.78 is 37.7. The van der Waals surface area contributed by atoms with Crippen LogP contribution < -0.4 is 10.6 Å². The van der Waals surface area contributed by atoms with E-state index in [2.05, 4.69) is 27.7 Å². The highest BCUT2D eigenvalue weighted by atomic mass is 19.4. The van der Waals surface area contributed by atoms with Crippen molar-refractivity contribution >= 4 is 17.5 Å². The molecule has 2 aromatic carbocycles. The van der Waals surface area contributed by atoms with Crippen LogP contribution >= 0.6 is 0 Å². The van der Waals surface area contributed by atoms with Crippen molar-refractivity contribution in [2.75, 3.05) is 18.4 Å². The number of nitrogens with zero attached hydrogens (tertiary/aromatic N) is 1. The van der Waals surface area contributed by atoms with E-state index >= 15 is 0 Å². The Morgan fingerprint density at radius 1 is 0.931 bits per heavy atom. The highest BCUT2D eigenvalue weighted by Crippen LogP contribution is 2.29. The molecule has 1 aliphatic heterocycles. The Morgan fingerprint density at radius 2 is 1.55 bits per heavy atom. The van der Waals surface area contributed by atoms with Gasteiger partial charge in [0.1, 0.15) is 0 Å². The Kier molecular flexibility index (Phi) is 6.53. The molecule has 8 heteroatoms. The Hall–Kier alpha value is -2.87. The van der Waals surface area contributed by atoms with Crippen LogP contribution in [0, 0.1) is 0 Å². The number of hydrogen-bond acceptors (Lipinski definition) is 3. The van der Waals surface area contributed by atoms with E-state index in [1.165, 1.54) is 5.56 Å². The Morgan fingerprint density at radius 3 is 2.14 bits per heavy atom. The summed E-state index contributed by atoms with van der Waals surface area (Å²) in [4.78, 5) is 26.4. The van der Waals surface area contributed by atoms with Gasteiger partial charge < -0.3 is 10.6 Å². The van der Waals surface area contributed by atoms with Crippen LogP contribution in [0.3, 0.4) is 0 Å². The molecule has 0 aromatic heterocycles. The fourth-order valence-corrected chi connectivity index (χ4v) is 3.26. The summed E-state index contributed by atoms with van der Waals surface area (Å²) in [5.41, 5.74) is 0.545. The number of halogens is 3. The maximum absolute atomic E-state index is 12.6. The lowest BCUT2D eigenvalue weighted by Gasteiger charge is -2.32. The molecule has 2 aromatic rings. The Bertz CT molecular complexity index is 830. The van der Waals surface area contributed by atoms with Crippen LogP contribution in [-0.2, 0) is 22.3 Å². The summed E-state index contributed by atoms with van der Waals surface area (Å²) in [7, 11) is 0. The summed E-state index contributed by atoms with van der Waals surface area (Å²) in [5.74, 6) is -1.68. The van der Waals surface area contributed by atoms with Gasteiger partial charge in [0.05, 0.1) is 5.56 Å². The van der Waals surface area contributed by atoms with Crippen molar-refractivity contribution in [3.8, 4) is 0 Å². The van der Waals surface area contributed by atoms with Gasteiger partial charge in [-0.1, -0.05) is 30.3 Å². The fraction of sp³-hybridized carbons (Fsp3) is 0.333. The predicted octanol–water partition coefficient (Wildman–Crippen LogP) is 3.42. The van der Waals surface area contributed by atoms with Crippen molar-refractivity contribution in [2.24, 2.45) is 0 Å². The van der Waals surface area contributed by atoms with E-state index in [9.17, 15) is 22.8 Å². The predicted molar refractivity (Wildman–Crippen MR) is 103 cm³/mol. The zero-order valence-corrected chi connectivity index (χ0v) is 15.7. The van der Waals surface area contributed by atoms with Gasteiger partial charge in [0, 0.05) is 31.4 Å². The van der Waals surface area contributed by atoms with Crippen molar-refractivity contribution < 1.29 is 22.8 Å². The molecule has 2 amide bonds. The molecule has 0 saturated carbocycles. The average Bonchev–Trinajstić information content (AvgIpc) is 2.70. The highest BCUT2D eigenvalue weighted by molar-refractivity contribution is 6.39. The number of rotatable bonds is 4. The number of nitrogens with one attached hydrogen (secondary N) is 2. The smallest absolute Gasteiger partial charge is 0.345 e. The minimum absolute atomic E-state index is 0.104. The molecule has 1 fully saturated rings. The lowest BCUT2D eigenvalue weighted by Crippen LogP contribution is -2.47. The van der Waals surface area contributed by atoms with E-state index < -0.39 is 23.6 Å². The van der Waals surface area contributed by atoms with Gasteiger partial charge in [-0.2, -0.15) is 13.2 Å². The largest absolute Gasteiger partial charge is 0.416 e. The summed E-state index contributed by atoms with van der Waals surface area (Å²) in [6, 6.07) is 14.0. The third-order valence-electron chi connectivity index (χ3n) is 4.85. The average molecular weight is 405 g/mol. The molecule has 0 aliphatic carbocycles. The summed E-state index contributed by atoms with van der Waals surface area (Å²) in [6.45, 7) is 2.46. The van der Waals surface area contributed by atoms with E-state index in [1.54, 1.807) is 0 Å². The molecule has 1 heterocycles. The van der Waals surface area contributed by atoms with Gasteiger partial charge in [-0.05, 0) is 42.7 Å². The molecule has 0 bridgehead atoms. The van der Waals surface area contributed by atoms with Gasteiger partial charge in [0.2, 0.25) is 0 Å². The van der Waals surface area contributed by atoms with Crippen LogP contribution in [0.15, 0.2) is 54.6 Å². The van der Waals surface area contributed by atoms with Crippen LogP contribution in [0.1, 0.15) is 24.0 Å². The van der Waals surface area contributed by atoms with Crippen LogP contribution in [0.4, 0.5) is 18.9 Å². The number of amides is 2. The van der Waals surface area contributed by atoms with Crippen molar-refractivity contribution in [1.82, 2.24) is 10.2 Å². The third-order valence-corrected chi connectivity index (χ3v) is 4.85. The van der Waals surface area contributed by atoms with Crippen molar-refractivity contribution in [1.29, 1.82) is 0 Å². The SMILES string of the molecule is O=C(Nc1ccc(C(F)(F)F)cc1)C(=O)NC1CCN(Cc2ccccc2)CC1. The van der Waals surface area contributed by atoms with Crippen LogP contribution in [0.2, 0.25) is 0 Å². The van der Waals surface area contributed by atoms with Crippen LogP contribution in [-0.4, -0.2) is 35.8 Å². The number of piperidine rings is 1. The molecule has 0 radical (unpaired) electrons. The normalized spacial score (nSPS) is 15.7. The highest BCUT2D eigenvalue weighted by Gasteiger charge is 2.30. The van der Waals surface area contributed by atoms with Crippen LogP contribution in [0.25, 0.3) is 0 Å². The second-order valence-corrected chi connectivity index (χ2v) is 7.04. The minimum atomic E-state index is -4.45. The number of carbonyl (C=O) groups excluding carboxylic acids is 2. The zero-order valence-electron chi connectivity index (χ0n) is 15.7. The standard InChI is InChI=1S/C21H22F3N3O2/c22-21(23,24)16-6-8-17(9-7-16)25-19(28)20(29)26-18-10-12-27(13-11-18)14-15-4-2-1-3-5-15/h1-9,18H,10-14H2,(H,25,28)(H,26,29). The molecule has 0 unspecified atom stereocenters. The zero-order chi connectivity index (χ0) is 20.9. The number of carbonyl (C=O) groups is 2. The number of anilines is 1. The van der Waals surface area contributed by atoms with Crippen LogP contribution in [0.5, 0.6) is 0 Å². The molecule has 2 N–H and O–H groups in total. The van der Waals surface area contributed by atoms with E-state index in [-0.39, 0.29) is 11.7 Å². The molecule has 5 nitrogen and oxygen atoms in total. The first kappa shape index (κ1) is 20.9. The maximum atomic E-state index is 12.6. The molecular weight excluding hydrogens is 383 g/mol. The topological polar surface area (TPSA) is 61.4 Å². The first-order chi connectivity index (χ1) is 13.8. The van der Waals surface area contributed by atoms with Gasteiger partial charge >= 0.3 is 18.0 Å². The monoisotopic (exact) mass is 405 g/mol. The van der Waals surface area contributed by atoms with Crippen molar-refractivity contribution in [2.45, 2.75) is 31.6 Å². The minimum Gasteiger partial charge on any atom is -0.345 e. The number of alkyl halides is 3. The Balaban J connectivity index is 1.44.